The summed E-state index contributed by atoms with van der Waals surface area (Å²) in [4.78, 5) is 30.9. The Morgan fingerprint density at radius 3 is 2.76 bits per heavy atom. The number of benzene rings is 1. The zero-order valence-corrected chi connectivity index (χ0v) is 21.8. The second kappa shape index (κ2) is 9.12. The molecule has 3 aliphatic rings. The van der Waals surface area contributed by atoms with Gasteiger partial charge in [-0.1, -0.05) is 31.2 Å². The lowest BCUT2D eigenvalue weighted by atomic mass is 9.53. The van der Waals surface area contributed by atoms with Crippen LogP contribution in [0, 0.1) is 11.8 Å². The highest BCUT2D eigenvalue weighted by Gasteiger charge is 2.58. The first-order valence-electron chi connectivity index (χ1n) is 13.5. The molecule has 2 amide bonds. The number of aromatic nitrogens is 3. The van der Waals surface area contributed by atoms with Crippen molar-refractivity contribution < 1.29 is 9.59 Å². The van der Waals surface area contributed by atoms with Crippen LogP contribution < -0.4 is 5.32 Å². The van der Waals surface area contributed by atoms with Gasteiger partial charge in [-0.3, -0.25) is 14.7 Å². The molecule has 5 atom stereocenters. The maximum absolute atomic E-state index is 13.0. The number of pyridine rings is 1. The van der Waals surface area contributed by atoms with Crippen molar-refractivity contribution in [3.8, 4) is 0 Å². The first-order chi connectivity index (χ1) is 17.9. The Bertz CT molecular complexity index is 1330. The van der Waals surface area contributed by atoms with Crippen molar-refractivity contribution in [2.24, 2.45) is 11.8 Å². The minimum absolute atomic E-state index is 0.0424. The van der Waals surface area contributed by atoms with Crippen LogP contribution in [0.25, 0.3) is 0 Å². The van der Waals surface area contributed by atoms with E-state index in [9.17, 15) is 9.59 Å². The first kappa shape index (κ1) is 23.9. The molecule has 7 nitrogen and oxygen atoms in total. The summed E-state index contributed by atoms with van der Waals surface area (Å²) in [7, 11) is 3.41. The number of nitrogens with one attached hydrogen (secondary N) is 2. The third kappa shape index (κ3) is 3.95. The number of anilines is 1. The van der Waals surface area contributed by atoms with Crippen LogP contribution in [-0.2, 0) is 16.6 Å². The average Bonchev–Trinajstić information content (AvgIpc) is 3.48. The smallest absolute Gasteiger partial charge is 0.254 e. The van der Waals surface area contributed by atoms with E-state index in [1.54, 1.807) is 31.8 Å². The zero-order chi connectivity index (χ0) is 25.7. The van der Waals surface area contributed by atoms with Gasteiger partial charge in [-0.2, -0.15) is 5.10 Å². The van der Waals surface area contributed by atoms with Gasteiger partial charge in [0.05, 0.1) is 11.3 Å². The monoisotopic (exact) mass is 497 g/mol. The number of H-pyrrole nitrogens is 1. The number of amides is 2. The number of rotatable bonds is 5. The molecular formula is C30H35N5O2. The van der Waals surface area contributed by atoms with Gasteiger partial charge in [0.15, 0.2) is 0 Å². The molecule has 2 N–H and O–H groups in total. The molecule has 3 unspecified atom stereocenters. The number of hydrogen-bond donors (Lipinski definition) is 2. The van der Waals surface area contributed by atoms with Crippen LogP contribution in [0.5, 0.6) is 0 Å². The Morgan fingerprint density at radius 1 is 1.14 bits per heavy atom. The molecule has 6 rings (SSSR count). The molecule has 1 fully saturated rings. The molecule has 192 valence electrons. The Hall–Kier alpha value is -3.48. The summed E-state index contributed by atoms with van der Waals surface area (Å²) in [6.07, 6.45) is 9.49. The molecule has 0 bridgehead atoms. The van der Waals surface area contributed by atoms with Crippen molar-refractivity contribution in [3.05, 3.63) is 76.7 Å². The predicted molar refractivity (Wildman–Crippen MR) is 143 cm³/mol. The molecule has 0 spiro atoms. The van der Waals surface area contributed by atoms with Crippen LogP contribution in [0.2, 0.25) is 0 Å². The number of nitrogens with zero attached hydrogens (tertiary/aromatic N) is 3. The van der Waals surface area contributed by atoms with Crippen molar-refractivity contribution in [3.63, 3.8) is 0 Å². The average molecular weight is 498 g/mol. The summed E-state index contributed by atoms with van der Waals surface area (Å²) in [5.41, 5.74) is 6.16. The molecule has 1 aromatic carbocycles. The lowest BCUT2D eigenvalue weighted by molar-refractivity contribution is -0.116. The van der Waals surface area contributed by atoms with Crippen LogP contribution >= 0.6 is 0 Å². The van der Waals surface area contributed by atoms with Gasteiger partial charge in [0.1, 0.15) is 5.82 Å². The summed E-state index contributed by atoms with van der Waals surface area (Å²) >= 11 is 0. The Morgan fingerprint density at radius 2 is 1.97 bits per heavy atom. The largest absolute Gasteiger partial charge is 0.345 e. The molecule has 2 aromatic heterocycles. The fraction of sp³-hybridized carbons (Fsp3) is 0.467. The predicted octanol–water partition coefficient (Wildman–Crippen LogP) is 5.04. The van der Waals surface area contributed by atoms with Gasteiger partial charge >= 0.3 is 0 Å². The molecule has 3 aliphatic carbocycles. The van der Waals surface area contributed by atoms with E-state index in [0.29, 0.717) is 41.5 Å². The maximum atomic E-state index is 13.0. The molecule has 2 heterocycles. The summed E-state index contributed by atoms with van der Waals surface area (Å²) < 4.78 is 0. The highest BCUT2D eigenvalue weighted by atomic mass is 16.2. The number of carbonyl (C=O) groups is 2. The summed E-state index contributed by atoms with van der Waals surface area (Å²) in [5.74, 6) is 2.34. The van der Waals surface area contributed by atoms with Crippen molar-refractivity contribution in [2.75, 3.05) is 19.4 Å². The molecule has 3 aromatic rings. The fourth-order valence-electron chi connectivity index (χ4n) is 7.70. The van der Waals surface area contributed by atoms with Crippen LogP contribution in [-0.4, -0.2) is 46.0 Å². The lowest BCUT2D eigenvalue weighted by Crippen LogP contribution is -2.44. The minimum atomic E-state index is -0.110. The Labute approximate surface area is 218 Å². The number of aromatic amines is 1. The standard InChI is InChI=1S/C30H35N5O2/c1-30-15-14-21-20-7-5-4-6-18(20)8-10-22(21)27(30)23(24-17-32-34-28(24)30)11-13-26(36)33-25-12-9-19(16-31-25)29(37)35(2)3/h4-7,9,12,16-17,21-23,27H,8,10-11,13-15H2,1-3H3,(H,32,34)(H,31,33,36)/t21?,22?,23-,27?,30+/m1/s1. The van der Waals surface area contributed by atoms with Gasteiger partial charge in [-0.25, -0.2) is 4.98 Å². The Balaban J connectivity index is 1.19. The third-order valence-corrected chi connectivity index (χ3v) is 9.30. The summed E-state index contributed by atoms with van der Waals surface area (Å²) in [6.45, 7) is 2.41. The van der Waals surface area contributed by atoms with E-state index in [4.69, 9.17) is 5.10 Å². The summed E-state index contributed by atoms with van der Waals surface area (Å²) in [5, 5.41) is 10.8. The van der Waals surface area contributed by atoms with Crippen molar-refractivity contribution in [1.29, 1.82) is 0 Å². The zero-order valence-electron chi connectivity index (χ0n) is 21.8. The van der Waals surface area contributed by atoms with Gasteiger partial charge in [0.25, 0.3) is 5.91 Å². The van der Waals surface area contributed by atoms with E-state index in [0.717, 1.165) is 19.3 Å². The van der Waals surface area contributed by atoms with Gasteiger partial charge in [0.2, 0.25) is 5.91 Å². The van der Waals surface area contributed by atoms with Crippen LogP contribution in [0.3, 0.4) is 0 Å². The van der Waals surface area contributed by atoms with E-state index in [1.807, 2.05) is 0 Å². The van der Waals surface area contributed by atoms with Gasteiger partial charge in [0, 0.05) is 38.3 Å². The molecule has 1 saturated carbocycles. The minimum Gasteiger partial charge on any atom is -0.345 e. The molecule has 0 saturated heterocycles. The topological polar surface area (TPSA) is 91.0 Å². The summed E-state index contributed by atoms with van der Waals surface area (Å²) in [6, 6.07) is 12.4. The number of aryl methyl sites for hydroxylation is 1. The van der Waals surface area contributed by atoms with E-state index in [-0.39, 0.29) is 17.2 Å². The molecular weight excluding hydrogens is 462 g/mol. The molecule has 0 radical (unpaired) electrons. The quantitative estimate of drug-likeness (QED) is 0.517. The van der Waals surface area contributed by atoms with Crippen LogP contribution in [0.15, 0.2) is 48.8 Å². The highest BCUT2D eigenvalue weighted by molar-refractivity contribution is 5.94. The van der Waals surface area contributed by atoms with Gasteiger partial charge in [-0.05, 0) is 84.6 Å². The van der Waals surface area contributed by atoms with E-state index in [1.165, 1.54) is 40.8 Å². The van der Waals surface area contributed by atoms with Crippen LogP contribution in [0.1, 0.15) is 83.6 Å². The molecule has 37 heavy (non-hydrogen) atoms. The van der Waals surface area contributed by atoms with Crippen molar-refractivity contribution >= 4 is 17.6 Å². The van der Waals surface area contributed by atoms with E-state index < -0.39 is 0 Å². The number of carbonyl (C=O) groups excluding carboxylic acids is 2. The van der Waals surface area contributed by atoms with Crippen LogP contribution in [0.4, 0.5) is 5.82 Å². The number of hydrogen-bond acceptors (Lipinski definition) is 4. The number of fused-ring (bicyclic) bond motifs is 7. The highest BCUT2D eigenvalue weighted by Crippen LogP contribution is 2.64. The van der Waals surface area contributed by atoms with Gasteiger partial charge < -0.3 is 10.2 Å². The molecule has 0 aliphatic heterocycles. The second-order valence-corrected chi connectivity index (χ2v) is 11.5. The maximum Gasteiger partial charge on any atom is 0.254 e. The second-order valence-electron chi connectivity index (χ2n) is 11.5. The van der Waals surface area contributed by atoms with E-state index in [2.05, 4.69) is 52.8 Å². The Kier molecular flexibility index (Phi) is 5.89. The van der Waals surface area contributed by atoms with Crippen molar-refractivity contribution in [1.82, 2.24) is 20.1 Å². The fourth-order valence-corrected chi connectivity index (χ4v) is 7.70. The van der Waals surface area contributed by atoms with Gasteiger partial charge in [-0.15, -0.1) is 0 Å². The third-order valence-electron chi connectivity index (χ3n) is 9.30. The normalized spacial score (nSPS) is 27.4. The first-order valence-corrected chi connectivity index (χ1v) is 13.5. The molecule has 7 heteroatoms. The van der Waals surface area contributed by atoms with E-state index >= 15 is 0 Å². The van der Waals surface area contributed by atoms with Crippen molar-refractivity contribution in [2.45, 2.75) is 62.7 Å². The SMILES string of the molecule is CN(C)C(=O)c1ccc(NC(=O)CC[C@@H]2c3c[nH]nc3[C@@]3(C)CCC4c5ccccc5CCC4C23)nc1. The lowest BCUT2D eigenvalue weighted by Gasteiger charge is -2.50.